The summed E-state index contributed by atoms with van der Waals surface area (Å²) in [7, 11) is 2.14. The molecule has 4 rings (SSSR count). The number of aryl methyl sites for hydroxylation is 1. The fourth-order valence-corrected chi connectivity index (χ4v) is 3.49. The Morgan fingerprint density at radius 3 is 2.68 bits per heavy atom. The van der Waals surface area contributed by atoms with Gasteiger partial charge in [-0.1, -0.05) is 36.8 Å². The van der Waals surface area contributed by atoms with Crippen LogP contribution in [0.5, 0.6) is 0 Å². The van der Waals surface area contributed by atoms with E-state index in [0.29, 0.717) is 17.6 Å². The zero-order chi connectivity index (χ0) is 21.6. The van der Waals surface area contributed by atoms with Gasteiger partial charge in [0, 0.05) is 44.4 Å². The van der Waals surface area contributed by atoms with Crippen molar-refractivity contribution in [3.05, 3.63) is 53.8 Å². The maximum Gasteiger partial charge on any atom is 0.233 e. The lowest BCUT2D eigenvalue weighted by Gasteiger charge is -2.32. The number of rotatable bonds is 5. The van der Waals surface area contributed by atoms with Gasteiger partial charge in [-0.15, -0.1) is 0 Å². The molecule has 3 heterocycles. The standard InChI is InChI=1S/C23H30N8/c1-4-19-26-22(29-23(28-19)31-15-13-30(3)14-16-31)27-20-11-12-24-21(25-20)18-8-6-5-7-17(2)9-10-18/h6,8-12H,4-5,7,13-16H2,1-3H3,(H,24,25,26,27,28,29). The van der Waals surface area contributed by atoms with E-state index in [2.05, 4.69) is 80.3 Å². The van der Waals surface area contributed by atoms with Crippen LogP contribution in [0.1, 0.15) is 38.3 Å². The van der Waals surface area contributed by atoms with Crippen LogP contribution < -0.4 is 10.2 Å². The first-order chi connectivity index (χ1) is 15.1. The molecule has 0 bridgehead atoms. The Morgan fingerprint density at radius 2 is 1.87 bits per heavy atom. The van der Waals surface area contributed by atoms with Crippen LogP contribution in [0.2, 0.25) is 0 Å². The number of anilines is 3. The molecule has 0 amide bonds. The summed E-state index contributed by atoms with van der Waals surface area (Å²) in [6.07, 6.45) is 13.1. The van der Waals surface area contributed by atoms with Gasteiger partial charge < -0.3 is 15.1 Å². The second-order valence-corrected chi connectivity index (χ2v) is 7.99. The quantitative estimate of drug-likeness (QED) is 0.791. The monoisotopic (exact) mass is 418 g/mol. The average Bonchev–Trinajstić information content (AvgIpc) is 2.77. The molecule has 0 aromatic carbocycles. The summed E-state index contributed by atoms with van der Waals surface area (Å²) in [5, 5.41) is 3.27. The third kappa shape index (κ3) is 5.52. The Labute approximate surface area is 183 Å². The first kappa shape index (κ1) is 21.1. The number of hydrogen-bond acceptors (Lipinski definition) is 8. The molecular weight excluding hydrogens is 388 g/mol. The maximum absolute atomic E-state index is 4.70. The van der Waals surface area contributed by atoms with Crippen molar-refractivity contribution >= 4 is 23.3 Å². The van der Waals surface area contributed by atoms with Crippen molar-refractivity contribution in [2.45, 2.75) is 33.1 Å². The third-order valence-corrected chi connectivity index (χ3v) is 5.48. The van der Waals surface area contributed by atoms with E-state index in [1.807, 2.05) is 6.07 Å². The van der Waals surface area contributed by atoms with Crippen LogP contribution in [0.3, 0.4) is 0 Å². The molecule has 0 radical (unpaired) electrons. The highest BCUT2D eigenvalue weighted by Gasteiger charge is 2.18. The van der Waals surface area contributed by atoms with Crippen molar-refractivity contribution in [2.75, 3.05) is 43.4 Å². The molecule has 8 heteroatoms. The van der Waals surface area contributed by atoms with Gasteiger partial charge in [-0.05, 0) is 32.9 Å². The highest BCUT2D eigenvalue weighted by atomic mass is 15.3. The summed E-state index contributed by atoms with van der Waals surface area (Å²) in [5.41, 5.74) is 2.34. The topological polar surface area (TPSA) is 83.0 Å². The van der Waals surface area contributed by atoms with E-state index < -0.39 is 0 Å². The molecular formula is C23H30N8. The number of likely N-dealkylation sites (N-methyl/N-ethyl adjacent to an activating group) is 1. The van der Waals surface area contributed by atoms with Crippen LogP contribution in [0.15, 0.2) is 42.1 Å². The van der Waals surface area contributed by atoms with Crippen LogP contribution in [0.4, 0.5) is 17.7 Å². The number of aromatic nitrogens is 5. The van der Waals surface area contributed by atoms with Crippen LogP contribution in [-0.2, 0) is 6.42 Å². The van der Waals surface area contributed by atoms with E-state index in [1.165, 1.54) is 5.57 Å². The second-order valence-electron chi connectivity index (χ2n) is 7.99. The van der Waals surface area contributed by atoms with E-state index in [9.17, 15) is 0 Å². The normalized spacial score (nSPS) is 17.6. The number of allylic oxidation sites excluding steroid dienone is 6. The molecule has 1 aliphatic heterocycles. The molecule has 162 valence electrons. The average molecular weight is 419 g/mol. The first-order valence-corrected chi connectivity index (χ1v) is 10.9. The predicted molar refractivity (Wildman–Crippen MR) is 124 cm³/mol. The van der Waals surface area contributed by atoms with Crippen LogP contribution >= 0.6 is 0 Å². The van der Waals surface area contributed by atoms with Gasteiger partial charge >= 0.3 is 0 Å². The molecule has 31 heavy (non-hydrogen) atoms. The largest absolute Gasteiger partial charge is 0.338 e. The van der Waals surface area contributed by atoms with E-state index in [1.54, 1.807) is 6.20 Å². The molecule has 1 aliphatic carbocycles. The zero-order valence-corrected chi connectivity index (χ0v) is 18.5. The van der Waals surface area contributed by atoms with Crippen molar-refractivity contribution < 1.29 is 0 Å². The summed E-state index contributed by atoms with van der Waals surface area (Å²) in [5.74, 6) is 3.36. The Hall–Kier alpha value is -3.13. The summed E-state index contributed by atoms with van der Waals surface area (Å²) in [4.78, 5) is 27.6. The molecule has 2 aliphatic rings. The van der Waals surface area contributed by atoms with Gasteiger partial charge in [-0.25, -0.2) is 9.97 Å². The van der Waals surface area contributed by atoms with Gasteiger partial charge in [0.2, 0.25) is 11.9 Å². The van der Waals surface area contributed by atoms with Crippen molar-refractivity contribution in [1.82, 2.24) is 29.8 Å². The minimum Gasteiger partial charge on any atom is -0.338 e. The number of nitrogens with zero attached hydrogens (tertiary/aromatic N) is 7. The lowest BCUT2D eigenvalue weighted by atomic mass is 10.1. The molecule has 0 spiro atoms. The molecule has 2 aromatic heterocycles. The lowest BCUT2D eigenvalue weighted by molar-refractivity contribution is 0.311. The molecule has 0 unspecified atom stereocenters. The molecule has 0 atom stereocenters. The van der Waals surface area contributed by atoms with Gasteiger partial charge in [-0.2, -0.15) is 15.0 Å². The molecule has 0 saturated carbocycles. The Bertz CT molecular complexity index is 1000. The zero-order valence-electron chi connectivity index (χ0n) is 18.5. The summed E-state index contributed by atoms with van der Waals surface area (Å²) in [6, 6.07) is 1.84. The summed E-state index contributed by atoms with van der Waals surface area (Å²) < 4.78 is 0. The highest BCUT2D eigenvalue weighted by Crippen LogP contribution is 2.20. The smallest absolute Gasteiger partial charge is 0.233 e. The fraction of sp³-hybridized carbons (Fsp3) is 0.435. The van der Waals surface area contributed by atoms with Crippen molar-refractivity contribution in [1.29, 1.82) is 0 Å². The highest BCUT2D eigenvalue weighted by molar-refractivity contribution is 5.72. The molecule has 8 nitrogen and oxygen atoms in total. The van der Waals surface area contributed by atoms with E-state index >= 15 is 0 Å². The number of nitrogens with one attached hydrogen (secondary N) is 1. The van der Waals surface area contributed by atoms with Gasteiger partial charge in [0.1, 0.15) is 11.6 Å². The molecule has 1 fully saturated rings. The van der Waals surface area contributed by atoms with Crippen LogP contribution in [-0.4, -0.2) is 63.0 Å². The first-order valence-electron chi connectivity index (χ1n) is 10.9. The number of hydrogen-bond donors (Lipinski definition) is 1. The summed E-state index contributed by atoms with van der Waals surface area (Å²) >= 11 is 0. The van der Waals surface area contributed by atoms with Gasteiger partial charge in [0.05, 0.1) is 0 Å². The Kier molecular flexibility index (Phi) is 6.66. The minimum atomic E-state index is 0.517. The molecule has 1 saturated heterocycles. The minimum absolute atomic E-state index is 0.517. The van der Waals surface area contributed by atoms with Crippen LogP contribution in [0, 0.1) is 0 Å². The predicted octanol–water partition coefficient (Wildman–Crippen LogP) is 3.40. The lowest BCUT2D eigenvalue weighted by Crippen LogP contribution is -2.45. The van der Waals surface area contributed by atoms with Gasteiger partial charge in [-0.3, -0.25) is 0 Å². The van der Waals surface area contributed by atoms with E-state index in [-0.39, 0.29) is 0 Å². The van der Waals surface area contributed by atoms with Crippen LogP contribution in [0.25, 0.3) is 5.57 Å². The Balaban J connectivity index is 1.58. The Morgan fingerprint density at radius 1 is 1.03 bits per heavy atom. The van der Waals surface area contributed by atoms with Crippen molar-refractivity contribution in [3.8, 4) is 0 Å². The van der Waals surface area contributed by atoms with Gasteiger partial charge in [0.15, 0.2) is 5.82 Å². The molecule has 2 aromatic rings. The van der Waals surface area contributed by atoms with Gasteiger partial charge in [0.25, 0.3) is 0 Å². The van der Waals surface area contributed by atoms with E-state index in [0.717, 1.165) is 62.8 Å². The van der Waals surface area contributed by atoms with Crippen molar-refractivity contribution in [2.24, 2.45) is 0 Å². The van der Waals surface area contributed by atoms with E-state index in [4.69, 9.17) is 4.98 Å². The second kappa shape index (κ2) is 9.78. The molecule has 1 N–H and O–H groups in total. The maximum atomic E-state index is 4.70. The fourth-order valence-electron chi connectivity index (χ4n) is 3.49. The van der Waals surface area contributed by atoms with Crippen molar-refractivity contribution in [3.63, 3.8) is 0 Å². The SMILES string of the molecule is CCc1nc(Nc2ccnc(C3=CC=C(C)CCC=C3)n2)nc(N2CCN(C)CC2)n1. The number of piperazine rings is 1. The summed E-state index contributed by atoms with van der Waals surface area (Å²) in [6.45, 7) is 8.03. The third-order valence-electron chi connectivity index (χ3n) is 5.48.